The Bertz CT molecular complexity index is 847. The van der Waals surface area contributed by atoms with Crippen molar-refractivity contribution in [2.24, 2.45) is 5.18 Å². The van der Waals surface area contributed by atoms with Crippen molar-refractivity contribution in [3.8, 4) is 0 Å². The Morgan fingerprint density at radius 2 is 1.69 bits per heavy atom. The van der Waals surface area contributed by atoms with E-state index in [-0.39, 0.29) is 6.03 Å². The number of anilines is 1. The highest BCUT2D eigenvalue weighted by Gasteiger charge is 2.26. The maximum absolute atomic E-state index is 12.3. The SMILES string of the molecule is CN(C)C(=O)N(C)C1=CC=CC=C(SSc2ccccc2N(C)C(C)(C)N=O)C1. The first-order chi connectivity index (χ1) is 13.7. The van der Waals surface area contributed by atoms with E-state index in [4.69, 9.17) is 0 Å². The maximum atomic E-state index is 12.3. The van der Waals surface area contributed by atoms with Gasteiger partial charge in [0.15, 0.2) is 5.66 Å². The third kappa shape index (κ3) is 5.90. The number of amides is 2. The van der Waals surface area contributed by atoms with Crippen molar-refractivity contribution in [3.63, 3.8) is 0 Å². The van der Waals surface area contributed by atoms with Crippen molar-refractivity contribution in [2.45, 2.75) is 30.8 Å². The van der Waals surface area contributed by atoms with E-state index in [1.807, 2.05) is 54.4 Å². The first kappa shape index (κ1) is 23.1. The molecule has 0 saturated carbocycles. The molecule has 0 radical (unpaired) electrons. The Morgan fingerprint density at radius 3 is 2.34 bits per heavy atom. The highest BCUT2D eigenvalue weighted by Crippen LogP contribution is 2.44. The van der Waals surface area contributed by atoms with Gasteiger partial charge < -0.3 is 14.7 Å². The third-order valence-corrected chi connectivity index (χ3v) is 7.18. The van der Waals surface area contributed by atoms with Crippen molar-refractivity contribution in [1.82, 2.24) is 9.80 Å². The Labute approximate surface area is 181 Å². The van der Waals surface area contributed by atoms with Crippen LogP contribution in [0.15, 0.2) is 69.2 Å². The van der Waals surface area contributed by atoms with Crippen LogP contribution in [0.1, 0.15) is 20.3 Å². The van der Waals surface area contributed by atoms with E-state index in [1.165, 1.54) is 0 Å². The average molecular weight is 433 g/mol. The van der Waals surface area contributed by atoms with Gasteiger partial charge in [-0.25, -0.2) is 4.79 Å². The van der Waals surface area contributed by atoms with E-state index in [1.54, 1.807) is 66.4 Å². The zero-order valence-corrected chi connectivity index (χ0v) is 19.4. The predicted octanol–water partition coefficient (Wildman–Crippen LogP) is 5.71. The second-order valence-corrected chi connectivity index (χ2v) is 9.67. The summed E-state index contributed by atoms with van der Waals surface area (Å²) in [6.07, 6.45) is 8.64. The van der Waals surface area contributed by atoms with Gasteiger partial charge >= 0.3 is 6.03 Å². The molecule has 0 spiro atoms. The number of benzene rings is 1. The molecule has 1 aromatic carbocycles. The molecular weight excluding hydrogens is 404 g/mol. The minimum atomic E-state index is -0.836. The van der Waals surface area contributed by atoms with Crippen LogP contribution in [-0.2, 0) is 0 Å². The number of nitroso groups, excluding NO2 is 1. The summed E-state index contributed by atoms with van der Waals surface area (Å²) in [5, 5.41) is 3.25. The van der Waals surface area contributed by atoms with Gasteiger partial charge in [0, 0.05) is 50.1 Å². The fraction of sp³-hybridized carbons (Fsp3) is 0.381. The summed E-state index contributed by atoms with van der Waals surface area (Å²) in [6, 6.07) is 7.91. The fourth-order valence-corrected chi connectivity index (χ4v) is 4.91. The highest BCUT2D eigenvalue weighted by molar-refractivity contribution is 8.78. The molecular formula is C21H28N4O2S2. The van der Waals surface area contributed by atoms with Crippen LogP contribution in [0.3, 0.4) is 0 Å². The molecule has 2 amide bonds. The lowest BCUT2D eigenvalue weighted by Crippen LogP contribution is -2.39. The van der Waals surface area contributed by atoms with Crippen LogP contribution in [0.4, 0.5) is 10.5 Å². The van der Waals surface area contributed by atoms with Gasteiger partial charge in [0.05, 0.1) is 5.69 Å². The molecule has 6 nitrogen and oxygen atoms in total. The summed E-state index contributed by atoms with van der Waals surface area (Å²) in [7, 11) is 10.5. The molecule has 0 atom stereocenters. The topological polar surface area (TPSA) is 56.2 Å². The Hall–Kier alpha value is -2.19. The lowest BCUT2D eigenvalue weighted by atomic mass is 10.2. The maximum Gasteiger partial charge on any atom is 0.323 e. The molecule has 1 aromatic rings. The molecule has 0 fully saturated rings. The second-order valence-electron chi connectivity index (χ2n) is 7.37. The molecule has 0 aliphatic heterocycles. The number of nitrogens with zero attached hydrogens (tertiary/aromatic N) is 4. The number of rotatable bonds is 7. The molecule has 8 heteroatoms. The molecule has 1 aliphatic carbocycles. The largest absolute Gasteiger partial charge is 0.347 e. The van der Waals surface area contributed by atoms with Gasteiger partial charge in [0.2, 0.25) is 0 Å². The van der Waals surface area contributed by atoms with E-state index in [2.05, 4.69) is 11.3 Å². The first-order valence-corrected chi connectivity index (χ1v) is 11.4. The van der Waals surface area contributed by atoms with Crippen LogP contribution in [0, 0.1) is 4.91 Å². The van der Waals surface area contributed by atoms with Gasteiger partial charge in [-0.15, -0.1) is 4.91 Å². The molecule has 156 valence electrons. The lowest BCUT2D eigenvalue weighted by molar-refractivity contribution is 0.192. The van der Waals surface area contributed by atoms with Crippen molar-refractivity contribution in [1.29, 1.82) is 0 Å². The van der Waals surface area contributed by atoms with E-state index >= 15 is 0 Å². The van der Waals surface area contributed by atoms with Gasteiger partial charge in [-0.1, -0.05) is 51.9 Å². The zero-order chi connectivity index (χ0) is 21.6. The Morgan fingerprint density at radius 1 is 1.03 bits per heavy atom. The van der Waals surface area contributed by atoms with E-state index in [0.717, 1.165) is 21.2 Å². The molecule has 29 heavy (non-hydrogen) atoms. The molecule has 2 rings (SSSR count). The monoisotopic (exact) mass is 432 g/mol. The number of allylic oxidation sites excluding steroid dienone is 5. The number of carbonyl (C=O) groups is 1. The number of hydrogen-bond donors (Lipinski definition) is 0. The minimum Gasteiger partial charge on any atom is -0.347 e. The van der Waals surface area contributed by atoms with Crippen molar-refractivity contribution in [3.05, 3.63) is 64.1 Å². The number of urea groups is 1. The summed E-state index contributed by atoms with van der Waals surface area (Å²) in [6.45, 7) is 3.59. The summed E-state index contributed by atoms with van der Waals surface area (Å²) >= 11 is 0. The molecule has 0 saturated heterocycles. The summed E-state index contributed by atoms with van der Waals surface area (Å²) < 4.78 is 0. The normalized spacial score (nSPS) is 13.9. The van der Waals surface area contributed by atoms with Crippen molar-refractivity contribution >= 4 is 33.3 Å². The third-order valence-electron chi connectivity index (χ3n) is 4.65. The summed E-state index contributed by atoms with van der Waals surface area (Å²) in [5.41, 5.74) is 1.06. The van der Waals surface area contributed by atoms with Crippen LogP contribution in [0.5, 0.6) is 0 Å². The smallest absolute Gasteiger partial charge is 0.323 e. The van der Waals surface area contributed by atoms with E-state index < -0.39 is 5.66 Å². The van der Waals surface area contributed by atoms with Gasteiger partial charge in [-0.2, -0.15) is 0 Å². The van der Waals surface area contributed by atoms with Crippen LogP contribution in [0.25, 0.3) is 0 Å². The van der Waals surface area contributed by atoms with Gasteiger partial charge in [0.25, 0.3) is 0 Å². The molecule has 0 N–H and O–H groups in total. The fourth-order valence-electron chi connectivity index (χ4n) is 2.60. The van der Waals surface area contributed by atoms with Gasteiger partial charge in [-0.3, -0.25) is 0 Å². The summed E-state index contributed by atoms with van der Waals surface area (Å²) in [5.74, 6) is 0. The van der Waals surface area contributed by atoms with Gasteiger partial charge in [0.1, 0.15) is 0 Å². The molecule has 1 aliphatic rings. The molecule has 0 heterocycles. The number of para-hydroxylation sites is 1. The predicted molar refractivity (Wildman–Crippen MR) is 125 cm³/mol. The number of hydrogen-bond acceptors (Lipinski definition) is 6. The molecule has 0 aromatic heterocycles. The van der Waals surface area contributed by atoms with Crippen LogP contribution < -0.4 is 4.90 Å². The molecule has 0 bridgehead atoms. The van der Waals surface area contributed by atoms with E-state index in [9.17, 15) is 9.70 Å². The highest BCUT2D eigenvalue weighted by atomic mass is 33.1. The Balaban J connectivity index is 2.14. The average Bonchev–Trinajstić information content (AvgIpc) is 2.96. The minimum absolute atomic E-state index is 0.0564. The quantitative estimate of drug-likeness (QED) is 0.408. The van der Waals surface area contributed by atoms with Gasteiger partial charge in [-0.05, 0) is 37.2 Å². The second kappa shape index (κ2) is 10.0. The van der Waals surface area contributed by atoms with Crippen molar-refractivity contribution < 1.29 is 4.79 Å². The van der Waals surface area contributed by atoms with Crippen LogP contribution in [-0.4, -0.2) is 49.7 Å². The summed E-state index contributed by atoms with van der Waals surface area (Å²) in [4.78, 5) is 30.9. The number of carbonyl (C=O) groups excluding carboxylic acids is 1. The zero-order valence-electron chi connectivity index (χ0n) is 17.7. The van der Waals surface area contributed by atoms with E-state index in [0.29, 0.717) is 6.42 Å². The van der Waals surface area contributed by atoms with Crippen LogP contribution in [0.2, 0.25) is 0 Å². The molecule has 0 unspecified atom stereocenters. The van der Waals surface area contributed by atoms with Crippen LogP contribution >= 0.6 is 21.6 Å². The lowest BCUT2D eigenvalue weighted by Gasteiger charge is -2.32. The van der Waals surface area contributed by atoms with Crippen molar-refractivity contribution in [2.75, 3.05) is 33.1 Å². The Kier molecular flexibility index (Phi) is 7.98. The first-order valence-electron chi connectivity index (χ1n) is 9.20. The standard InChI is InChI=1S/C21H28N4O2S2/c1-21(2,22-27)25(6)18-13-9-10-14-19(18)29-28-17-12-8-7-11-16(15-17)24(5)20(26)23(3)4/h7-14H,15H2,1-6H3.